The SMILES string of the molecule is CCNC(=S)NN=Cc1ccc(OCc2ccccc2Cl)c(OCC)c1. The lowest BCUT2D eigenvalue weighted by molar-refractivity contribution is 0.269. The van der Waals surface area contributed by atoms with Crippen LogP contribution in [0.2, 0.25) is 5.02 Å². The standard InChI is InChI=1S/C19H22ClN3O2S/c1-3-21-19(26)23-22-12-14-9-10-17(18(11-14)24-4-2)25-13-15-7-5-6-8-16(15)20/h5-12H,3-4,13H2,1-2H3,(H2,21,23,26). The van der Waals surface area contributed by atoms with Gasteiger partial charge in [-0.25, -0.2) is 0 Å². The van der Waals surface area contributed by atoms with Crippen LogP contribution in [0.4, 0.5) is 0 Å². The largest absolute Gasteiger partial charge is 0.490 e. The third-order valence-corrected chi connectivity index (χ3v) is 3.93. The molecule has 138 valence electrons. The van der Waals surface area contributed by atoms with Gasteiger partial charge >= 0.3 is 0 Å². The van der Waals surface area contributed by atoms with Crippen LogP contribution in [0.15, 0.2) is 47.6 Å². The minimum absolute atomic E-state index is 0.367. The molecule has 2 aromatic carbocycles. The zero-order chi connectivity index (χ0) is 18.8. The summed E-state index contributed by atoms with van der Waals surface area (Å²) in [6, 6.07) is 13.2. The minimum Gasteiger partial charge on any atom is -0.490 e. The van der Waals surface area contributed by atoms with Crippen LogP contribution in [-0.4, -0.2) is 24.5 Å². The summed E-state index contributed by atoms with van der Waals surface area (Å²) in [5, 5.41) is 8.22. The molecule has 0 atom stereocenters. The number of ether oxygens (including phenoxy) is 2. The van der Waals surface area contributed by atoms with Gasteiger partial charge in [-0.2, -0.15) is 5.10 Å². The van der Waals surface area contributed by atoms with Gasteiger partial charge in [-0.1, -0.05) is 29.8 Å². The average molecular weight is 392 g/mol. The summed E-state index contributed by atoms with van der Waals surface area (Å²) in [4.78, 5) is 0. The van der Waals surface area contributed by atoms with Gasteiger partial charge < -0.3 is 14.8 Å². The summed E-state index contributed by atoms with van der Waals surface area (Å²) in [7, 11) is 0. The van der Waals surface area contributed by atoms with Crippen LogP contribution < -0.4 is 20.2 Å². The maximum absolute atomic E-state index is 6.17. The van der Waals surface area contributed by atoms with Crippen molar-refractivity contribution in [1.82, 2.24) is 10.7 Å². The molecule has 0 radical (unpaired) electrons. The molecule has 0 bridgehead atoms. The number of hydrazone groups is 1. The highest BCUT2D eigenvalue weighted by atomic mass is 35.5. The summed E-state index contributed by atoms with van der Waals surface area (Å²) < 4.78 is 11.6. The molecule has 0 saturated carbocycles. The first-order valence-electron chi connectivity index (χ1n) is 8.34. The Labute approximate surface area is 164 Å². The highest BCUT2D eigenvalue weighted by molar-refractivity contribution is 7.80. The molecule has 0 fully saturated rings. The molecule has 0 heterocycles. The van der Waals surface area contributed by atoms with Gasteiger partial charge in [0.2, 0.25) is 0 Å². The summed E-state index contributed by atoms with van der Waals surface area (Å²) in [5.41, 5.74) is 4.54. The molecule has 0 aliphatic rings. The monoisotopic (exact) mass is 391 g/mol. The van der Waals surface area contributed by atoms with Crippen LogP contribution in [-0.2, 0) is 6.61 Å². The van der Waals surface area contributed by atoms with Crippen molar-refractivity contribution in [3.8, 4) is 11.5 Å². The van der Waals surface area contributed by atoms with Gasteiger partial charge in [0.05, 0.1) is 12.8 Å². The zero-order valence-corrected chi connectivity index (χ0v) is 16.4. The number of benzene rings is 2. The first-order chi connectivity index (χ1) is 12.6. The van der Waals surface area contributed by atoms with Crippen molar-refractivity contribution < 1.29 is 9.47 Å². The number of hydrogen-bond acceptors (Lipinski definition) is 4. The van der Waals surface area contributed by atoms with Crippen molar-refractivity contribution in [2.75, 3.05) is 13.2 Å². The molecule has 0 unspecified atom stereocenters. The van der Waals surface area contributed by atoms with Crippen molar-refractivity contribution in [3.05, 3.63) is 58.6 Å². The van der Waals surface area contributed by atoms with E-state index in [4.69, 9.17) is 33.3 Å². The maximum Gasteiger partial charge on any atom is 0.186 e. The maximum atomic E-state index is 6.17. The topological polar surface area (TPSA) is 54.9 Å². The highest BCUT2D eigenvalue weighted by Crippen LogP contribution is 2.29. The van der Waals surface area contributed by atoms with Crippen LogP contribution >= 0.6 is 23.8 Å². The second-order valence-electron chi connectivity index (χ2n) is 5.25. The van der Waals surface area contributed by atoms with Crippen LogP contribution in [0.5, 0.6) is 11.5 Å². The van der Waals surface area contributed by atoms with Crippen LogP contribution in [0.3, 0.4) is 0 Å². The number of thiocarbonyl (C=S) groups is 1. The van der Waals surface area contributed by atoms with Gasteiger partial charge in [0.25, 0.3) is 0 Å². The van der Waals surface area contributed by atoms with E-state index < -0.39 is 0 Å². The molecule has 5 nitrogen and oxygen atoms in total. The lowest BCUT2D eigenvalue weighted by Gasteiger charge is -2.13. The molecule has 0 aliphatic heterocycles. The van der Waals surface area contributed by atoms with Crippen molar-refractivity contribution in [1.29, 1.82) is 0 Å². The van der Waals surface area contributed by atoms with E-state index in [0.29, 0.717) is 34.8 Å². The van der Waals surface area contributed by atoms with E-state index in [2.05, 4.69) is 15.8 Å². The predicted octanol–water partition coefficient (Wildman–Crippen LogP) is 4.14. The Kier molecular flexibility index (Phi) is 8.18. The Morgan fingerprint density at radius 3 is 2.69 bits per heavy atom. The smallest absolute Gasteiger partial charge is 0.186 e. The van der Waals surface area contributed by atoms with E-state index in [0.717, 1.165) is 17.7 Å². The molecule has 2 aromatic rings. The molecule has 2 rings (SSSR count). The van der Waals surface area contributed by atoms with Crippen LogP contribution in [0.25, 0.3) is 0 Å². The fourth-order valence-electron chi connectivity index (χ4n) is 2.13. The van der Waals surface area contributed by atoms with E-state index >= 15 is 0 Å². The van der Waals surface area contributed by atoms with E-state index in [9.17, 15) is 0 Å². The fraction of sp³-hybridized carbons (Fsp3) is 0.263. The van der Waals surface area contributed by atoms with Gasteiger partial charge in [0, 0.05) is 17.1 Å². The molecule has 0 aromatic heterocycles. The molecule has 26 heavy (non-hydrogen) atoms. The molecule has 0 aliphatic carbocycles. The first-order valence-corrected chi connectivity index (χ1v) is 9.12. The van der Waals surface area contributed by atoms with Crippen LogP contribution in [0, 0.1) is 0 Å². The quantitative estimate of drug-likeness (QED) is 0.402. The van der Waals surface area contributed by atoms with Crippen LogP contribution in [0.1, 0.15) is 25.0 Å². The van der Waals surface area contributed by atoms with Crippen molar-refractivity contribution in [2.24, 2.45) is 5.10 Å². The number of rotatable bonds is 8. The molecular weight excluding hydrogens is 370 g/mol. The Hall–Kier alpha value is -2.31. The van der Waals surface area contributed by atoms with Gasteiger partial charge in [0.1, 0.15) is 6.61 Å². The van der Waals surface area contributed by atoms with Crippen molar-refractivity contribution >= 4 is 35.1 Å². The summed E-state index contributed by atoms with van der Waals surface area (Å²) in [5.74, 6) is 1.30. The van der Waals surface area contributed by atoms with E-state index in [1.807, 2.05) is 56.3 Å². The number of halogens is 1. The predicted molar refractivity (Wildman–Crippen MR) is 110 cm³/mol. The normalized spacial score (nSPS) is 10.6. The Morgan fingerprint density at radius 1 is 1.15 bits per heavy atom. The highest BCUT2D eigenvalue weighted by Gasteiger charge is 2.08. The molecule has 0 spiro atoms. The second kappa shape index (κ2) is 10.6. The van der Waals surface area contributed by atoms with Crippen molar-refractivity contribution in [2.45, 2.75) is 20.5 Å². The van der Waals surface area contributed by atoms with E-state index in [-0.39, 0.29) is 0 Å². The number of nitrogens with zero attached hydrogens (tertiary/aromatic N) is 1. The van der Waals surface area contributed by atoms with Crippen molar-refractivity contribution in [3.63, 3.8) is 0 Å². The zero-order valence-electron chi connectivity index (χ0n) is 14.8. The molecule has 2 N–H and O–H groups in total. The third kappa shape index (κ3) is 6.20. The van der Waals surface area contributed by atoms with Gasteiger partial charge in [-0.3, -0.25) is 5.43 Å². The lowest BCUT2D eigenvalue weighted by atomic mass is 10.2. The van der Waals surface area contributed by atoms with Gasteiger partial charge in [-0.15, -0.1) is 0 Å². The average Bonchev–Trinajstić information content (AvgIpc) is 2.63. The Bertz CT molecular complexity index is 768. The number of hydrogen-bond donors (Lipinski definition) is 2. The second-order valence-corrected chi connectivity index (χ2v) is 6.06. The summed E-state index contributed by atoms with van der Waals surface area (Å²) in [6.45, 7) is 5.53. The summed E-state index contributed by atoms with van der Waals surface area (Å²) in [6.07, 6.45) is 1.67. The molecule has 0 amide bonds. The Morgan fingerprint density at radius 2 is 1.96 bits per heavy atom. The minimum atomic E-state index is 0.367. The fourth-order valence-corrected chi connectivity index (χ4v) is 2.52. The lowest BCUT2D eigenvalue weighted by Crippen LogP contribution is -2.31. The van der Waals surface area contributed by atoms with E-state index in [1.54, 1.807) is 6.21 Å². The van der Waals surface area contributed by atoms with Gasteiger partial charge in [0.15, 0.2) is 16.6 Å². The van der Waals surface area contributed by atoms with E-state index in [1.165, 1.54) is 0 Å². The Balaban J connectivity index is 2.06. The molecule has 0 saturated heterocycles. The molecule has 7 heteroatoms. The van der Waals surface area contributed by atoms with Gasteiger partial charge in [-0.05, 0) is 55.9 Å². The summed E-state index contributed by atoms with van der Waals surface area (Å²) >= 11 is 11.2. The third-order valence-electron chi connectivity index (χ3n) is 3.33. The number of nitrogens with one attached hydrogen (secondary N) is 2. The molecular formula is C19H22ClN3O2S. The first kappa shape index (κ1) is 20.0.